The van der Waals surface area contributed by atoms with Gasteiger partial charge in [0.15, 0.2) is 5.96 Å². The summed E-state index contributed by atoms with van der Waals surface area (Å²) in [5.41, 5.74) is 15.4. The molecule has 0 saturated carbocycles. The number of hydrogen-bond donors (Lipinski definition) is 4. The van der Waals surface area contributed by atoms with Gasteiger partial charge in [-0.25, -0.2) is 4.79 Å². The molecule has 0 fully saturated rings. The lowest BCUT2D eigenvalue weighted by Crippen LogP contribution is -2.33. The van der Waals surface area contributed by atoms with Gasteiger partial charge in [0.25, 0.3) is 0 Å². The Labute approximate surface area is 92.6 Å². The van der Waals surface area contributed by atoms with Crippen molar-refractivity contribution in [1.29, 1.82) is 0 Å². The normalized spacial score (nSPS) is 12.9. The molecule has 0 aliphatic rings. The summed E-state index contributed by atoms with van der Waals surface area (Å²) in [7, 11) is -4.81. The first-order valence-corrected chi connectivity index (χ1v) is 5.60. The molecule has 0 aromatic rings. The van der Waals surface area contributed by atoms with E-state index in [1.165, 1.54) is 0 Å². The van der Waals surface area contributed by atoms with Crippen LogP contribution in [0.25, 0.3) is 0 Å². The van der Waals surface area contributed by atoms with Crippen molar-refractivity contribution in [2.24, 2.45) is 22.2 Å². The number of rotatable bonds is 6. The predicted octanol–water partition coefficient (Wildman–Crippen LogP) is -2.29. The van der Waals surface area contributed by atoms with Crippen LogP contribution in [0.2, 0.25) is 0 Å². The molecule has 0 heterocycles. The second-order valence-electron chi connectivity index (χ2n) is 2.89. The Kier molecular flexibility index (Phi) is 5.71. The van der Waals surface area contributed by atoms with Gasteiger partial charge in [0.1, 0.15) is 6.04 Å². The average Bonchev–Trinajstić information content (AvgIpc) is 2.08. The molecular weight excluding hydrogens is 240 g/mol. The molecule has 0 bridgehead atoms. The topological polar surface area (TPSA) is 171 Å². The van der Waals surface area contributed by atoms with Gasteiger partial charge in [-0.3, -0.25) is 9.55 Å². The summed E-state index contributed by atoms with van der Waals surface area (Å²) in [4.78, 5) is 14.5. The van der Waals surface area contributed by atoms with Crippen LogP contribution >= 0.6 is 0 Å². The fourth-order valence-corrected chi connectivity index (χ4v) is 1.13. The van der Waals surface area contributed by atoms with Crippen molar-refractivity contribution in [2.75, 3.05) is 6.54 Å². The second kappa shape index (κ2) is 6.25. The van der Waals surface area contributed by atoms with Crippen molar-refractivity contribution in [3.8, 4) is 0 Å². The van der Waals surface area contributed by atoms with Gasteiger partial charge in [0, 0.05) is 6.54 Å². The van der Waals surface area contributed by atoms with Crippen LogP contribution in [-0.4, -0.2) is 37.5 Å². The summed E-state index contributed by atoms with van der Waals surface area (Å²) in [6.45, 7) is 0.259. The molecule has 0 radical (unpaired) electrons. The van der Waals surface area contributed by atoms with E-state index in [0.717, 1.165) is 0 Å². The van der Waals surface area contributed by atoms with Gasteiger partial charge < -0.3 is 21.4 Å². The van der Waals surface area contributed by atoms with Gasteiger partial charge in [-0.2, -0.15) is 8.42 Å². The Morgan fingerprint density at radius 1 is 1.44 bits per heavy atom. The van der Waals surface area contributed by atoms with Crippen LogP contribution in [0.4, 0.5) is 0 Å². The Hall–Kier alpha value is -1.39. The summed E-state index contributed by atoms with van der Waals surface area (Å²) in [5.74, 6) is -1.32. The van der Waals surface area contributed by atoms with Crippen LogP contribution in [0.5, 0.6) is 0 Å². The van der Waals surface area contributed by atoms with Crippen LogP contribution in [0.15, 0.2) is 4.99 Å². The number of nitrogens with zero attached hydrogens (tertiary/aromatic N) is 1. The van der Waals surface area contributed by atoms with Crippen LogP contribution in [-0.2, 0) is 19.4 Å². The molecule has 0 aliphatic carbocycles. The van der Waals surface area contributed by atoms with Gasteiger partial charge >= 0.3 is 16.4 Å². The van der Waals surface area contributed by atoms with E-state index in [2.05, 4.69) is 9.18 Å². The van der Waals surface area contributed by atoms with Crippen molar-refractivity contribution in [2.45, 2.75) is 18.9 Å². The fraction of sp³-hybridized carbons (Fsp3) is 0.667. The first kappa shape index (κ1) is 14.6. The van der Waals surface area contributed by atoms with Crippen LogP contribution in [0.3, 0.4) is 0 Å². The molecule has 16 heavy (non-hydrogen) atoms. The molecular formula is C6H14N4O5S. The Balaban J connectivity index is 3.94. The van der Waals surface area contributed by atoms with Gasteiger partial charge in [-0.15, -0.1) is 0 Å². The fourth-order valence-electron chi connectivity index (χ4n) is 0.803. The zero-order valence-electron chi connectivity index (χ0n) is 8.37. The molecule has 0 rings (SSSR count). The van der Waals surface area contributed by atoms with E-state index >= 15 is 0 Å². The number of hydrogen-bond acceptors (Lipinski definition) is 6. The number of carbonyl (C=O) groups excluding carboxylic acids is 1. The zero-order chi connectivity index (χ0) is 12.8. The van der Waals surface area contributed by atoms with Crippen LogP contribution < -0.4 is 17.2 Å². The third-order valence-electron chi connectivity index (χ3n) is 1.46. The number of aliphatic imine (C=N–C) groups is 1. The summed E-state index contributed by atoms with van der Waals surface area (Å²) in [6.07, 6.45) is 0.505. The molecule has 0 aromatic carbocycles. The van der Waals surface area contributed by atoms with Crippen molar-refractivity contribution in [1.82, 2.24) is 0 Å². The lowest BCUT2D eigenvalue weighted by molar-refractivity contribution is -0.136. The first-order valence-electron chi connectivity index (χ1n) is 4.24. The Bertz CT molecular complexity index is 361. The molecule has 9 nitrogen and oxygen atoms in total. The van der Waals surface area contributed by atoms with Gasteiger partial charge in [-0.1, -0.05) is 0 Å². The Morgan fingerprint density at radius 2 is 2.00 bits per heavy atom. The monoisotopic (exact) mass is 254 g/mol. The summed E-state index contributed by atoms with van der Waals surface area (Å²) >= 11 is 0. The lowest BCUT2D eigenvalue weighted by Gasteiger charge is -2.07. The number of nitrogens with two attached hydrogens (primary N) is 3. The molecule has 10 heteroatoms. The summed E-state index contributed by atoms with van der Waals surface area (Å²) < 4.78 is 32.2. The van der Waals surface area contributed by atoms with Gasteiger partial charge in [0.05, 0.1) is 0 Å². The zero-order valence-corrected chi connectivity index (χ0v) is 9.18. The predicted molar refractivity (Wildman–Crippen MR) is 55.5 cm³/mol. The highest BCUT2D eigenvalue weighted by Gasteiger charge is 2.20. The molecule has 0 spiro atoms. The molecule has 1 unspecified atom stereocenters. The first-order chi connectivity index (χ1) is 7.22. The summed E-state index contributed by atoms with van der Waals surface area (Å²) in [6, 6.07) is -1.16. The second-order valence-corrected chi connectivity index (χ2v) is 3.91. The maximum Gasteiger partial charge on any atom is 0.449 e. The molecule has 0 aliphatic heterocycles. The average molecular weight is 254 g/mol. The third-order valence-corrected chi connectivity index (χ3v) is 1.83. The molecule has 94 valence electrons. The van der Waals surface area contributed by atoms with E-state index in [1.807, 2.05) is 0 Å². The number of carbonyl (C=O) groups is 1. The SMILES string of the molecule is NC(N)=NCCCC(N)C(=O)OS(=O)(=O)O. The van der Waals surface area contributed by atoms with E-state index in [0.29, 0.717) is 6.42 Å². The Morgan fingerprint density at radius 3 is 2.44 bits per heavy atom. The minimum Gasteiger partial charge on any atom is -0.370 e. The third kappa shape index (κ3) is 7.96. The molecule has 0 aromatic heterocycles. The minimum absolute atomic E-state index is 0.0888. The van der Waals surface area contributed by atoms with Crippen molar-refractivity contribution < 1.29 is 21.9 Å². The summed E-state index contributed by atoms with van der Waals surface area (Å²) in [5, 5.41) is 0. The lowest BCUT2D eigenvalue weighted by atomic mass is 10.2. The molecule has 7 N–H and O–H groups in total. The highest BCUT2D eigenvalue weighted by Crippen LogP contribution is 1.99. The minimum atomic E-state index is -4.81. The highest BCUT2D eigenvalue weighted by molar-refractivity contribution is 7.81. The van der Waals surface area contributed by atoms with E-state index in [4.69, 9.17) is 21.8 Å². The van der Waals surface area contributed by atoms with E-state index < -0.39 is 22.4 Å². The quantitative estimate of drug-likeness (QED) is 0.177. The van der Waals surface area contributed by atoms with E-state index in [-0.39, 0.29) is 18.9 Å². The van der Waals surface area contributed by atoms with Crippen molar-refractivity contribution in [3.05, 3.63) is 0 Å². The molecule has 0 saturated heterocycles. The highest BCUT2D eigenvalue weighted by atomic mass is 32.3. The van der Waals surface area contributed by atoms with Crippen molar-refractivity contribution >= 4 is 22.3 Å². The van der Waals surface area contributed by atoms with Gasteiger partial charge in [-0.05, 0) is 12.8 Å². The molecule has 1 atom stereocenters. The van der Waals surface area contributed by atoms with Gasteiger partial charge in [0.2, 0.25) is 0 Å². The van der Waals surface area contributed by atoms with Crippen LogP contribution in [0, 0.1) is 0 Å². The maximum atomic E-state index is 10.9. The smallest absolute Gasteiger partial charge is 0.370 e. The largest absolute Gasteiger partial charge is 0.449 e. The maximum absolute atomic E-state index is 10.9. The van der Waals surface area contributed by atoms with Crippen LogP contribution in [0.1, 0.15) is 12.8 Å². The molecule has 0 amide bonds. The number of guanidine groups is 1. The van der Waals surface area contributed by atoms with E-state index in [1.54, 1.807) is 0 Å². The van der Waals surface area contributed by atoms with Crippen molar-refractivity contribution in [3.63, 3.8) is 0 Å². The van der Waals surface area contributed by atoms with E-state index in [9.17, 15) is 13.2 Å². The standard InChI is InChI=1S/C6H14N4O5S/c7-4(2-1-3-10-6(8)9)5(11)15-16(12,13)14/h4H,1-3,7H2,(H4,8,9,10)(H,12,13,14).